The maximum absolute atomic E-state index is 12.6. The Morgan fingerprint density at radius 2 is 1.88 bits per heavy atom. The second-order valence-electron chi connectivity index (χ2n) is 8.29. The molecule has 1 aliphatic rings. The number of rotatable bonds is 5. The van der Waals surface area contributed by atoms with Gasteiger partial charge < -0.3 is 5.32 Å². The van der Waals surface area contributed by atoms with E-state index in [1.807, 2.05) is 6.07 Å². The average Bonchev–Trinajstić information content (AvgIpc) is 2.54. The third kappa shape index (κ3) is 5.34. The highest BCUT2D eigenvalue weighted by Crippen LogP contribution is 2.34. The topological polar surface area (TPSA) is 29.1 Å². The summed E-state index contributed by atoms with van der Waals surface area (Å²) in [6, 6.07) is 6.26. The number of unbranched alkanes of at least 4 members (excludes halogenated alkanes) is 1. The summed E-state index contributed by atoms with van der Waals surface area (Å²) >= 11 is 3.62. The van der Waals surface area contributed by atoms with Crippen LogP contribution in [0.1, 0.15) is 78.2 Å². The minimum atomic E-state index is 0.113. The van der Waals surface area contributed by atoms with Crippen molar-refractivity contribution < 1.29 is 4.79 Å². The molecule has 2 nitrogen and oxygen atoms in total. The van der Waals surface area contributed by atoms with Crippen LogP contribution in [0.4, 0.5) is 5.69 Å². The number of hydrogen-bond acceptors (Lipinski definition) is 1. The Balaban J connectivity index is 1.91. The van der Waals surface area contributed by atoms with E-state index in [-0.39, 0.29) is 17.2 Å². The van der Waals surface area contributed by atoms with Crippen LogP contribution < -0.4 is 5.32 Å². The molecule has 1 saturated carbocycles. The Morgan fingerprint density at radius 1 is 1.21 bits per heavy atom. The number of carbonyl (C=O) groups is 1. The highest BCUT2D eigenvalue weighted by molar-refractivity contribution is 9.10. The van der Waals surface area contributed by atoms with Gasteiger partial charge in [-0.1, -0.05) is 53.0 Å². The van der Waals surface area contributed by atoms with E-state index in [2.05, 4.69) is 61.1 Å². The smallest absolute Gasteiger partial charge is 0.227 e. The van der Waals surface area contributed by atoms with Gasteiger partial charge in [-0.15, -0.1) is 0 Å². The first-order valence-electron chi connectivity index (χ1n) is 9.42. The number of anilines is 1. The molecule has 0 atom stereocenters. The predicted molar refractivity (Wildman–Crippen MR) is 106 cm³/mol. The van der Waals surface area contributed by atoms with Crippen molar-refractivity contribution in [2.75, 3.05) is 5.32 Å². The fraction of sp³-hybridized carbons (Fsp3) is 0.667. The molecule has 3 heteroatoms. The molecule has 1 aromatic carbocycles. The maximum atomic E-state index is 12.6. The van der Waals surface area contributed by atoms with E-state index in [0.717, 1.165) is 28.9 Å². The minimum Gasteiger partial charge on any atom is -0.325 e. The molecule has 1 fully saturated rings. The molecule has 0 aliphatic heterocycles. The van der Waals surface area contributed by atoms with E-state index in [0.29, 0.717) is 0 Å². The van der Waals surface area contributed by atoms with Crippen LogP contribution in [-0.4, -0.2) is 5.91 Å². The predicted octanol–water partition coefficient (Wildman–Crippen LogP) is 6.68. The third-order valence-corrected chi connectivity index (χ3v) is 5.93. The molecule has 0 saturated heterocycles. The van der Waals surface area contributed by atoms with Crippen molar-refractivity contribution in [3.8, 4) is 0 Å². The quantitative estimate of drug-likeness (QED) is 0.593. The van der Waals surface area contributed by atoms with Gasteiger partial charge in [0.2, 0.25) is 5.91 Å². The molecule has 0 heterocycles. The lowest BCUT2D eigenvalue weighted by atomic mass is 9.79. The molecule has 0 unspecified atom stereocenters. The summed E-state index contributed by atoms with van der Waals surface area (Å²) in [5, 5.41) is 3.13. The number of hydrogen-bond donors (Lipinski definition) is 1. The second-order valence-corrected chi connectivity index (χ2v) is 9.15. The lowest BCUT2D eigenvalue weighted by Gasteiger charge is -2.28. The summed E-state index contributed by atoms with van der Waals surface area (Å²) < 4.78 is 0.972. The first kappa shape index (κ1) is 19.5. The van der Waals surface area contributed by atoms with Crippen LogP contribution in [0.15, 0.2) is 22.7 Å². The molecule has 1 amide bonds. The van der Waals surface area contributed by atoms with Crippen molar-refractivity contribution in [3.05, 3.63) is 28.2 Å². The molecule has 24 heavy (non-hydrogen) atoms. The minimum absolute atomic E-state index is 0.113. The van der Waals surface area contributed by atoms with Crippen molar-refractivity contribution in [1.29, 1.82) is 0 Å². The first-order valence-corrected chi connectivity index (χ1v) is 10.2. The van der Waals surface area contributed by atoms with E-state index in [4.69, 9.17) is 0 Å². The molecule has 1 aliphatic carbocycles. The molecular formula is C21H32BrNO. The van der Waals surface area contributed by atoms with Crippen molar-refractivity contribution in [3.63, 3.8) is 0 Å². The number of amides is 1. The zero-order chi connectivity index (χ0) is 17.7. The maximum Gasteiger partial charge on any atom is 0.227 e. The molecular weight excluding hydrogens is 362 g/mol. The normalized spacial score (nSPS) is 21.5. The summed E-state index contributed by atoms with van der Waals surface area (Å²) in [6.45, 7) is 8.85. The van der Waals surface area contributed by atoms with Crippen molar-refractivity contribution >= 4 is 27.5 Å². The van der Waals surface area contributed by atoms with Crippen LogP contribution in [0, 0.1) is 11.8 Å². The van der Waals surface area contributed by atoms with Crippen molar-refractivity contribution in [2.45, 2.75) is 78.1 Å². The Kier molecular flexibility index (Phi) is 6.91. The van der Waals surface area contributed by atoms with E-state index >= 15 is 0 Å². The Morgan fingerprint density at radius 3 is 2.42 bits per heavy atom. The largest absolute Gasteiger partial charge is 0.325 e. The number of carbonyl (C=O) groups excluding carboxylic acids is 1. The zero-order valence-electron chi connectivity index (χ0n) is 15.6. The number of benzene rings is 1. The Bertz CT molecular complexity index is 553. The average molecular weight is 394 g/mol. The van der Waals surface area contributed by atoms with E-state index in [1.165, 1.54) is 37.7 Å². The van der Waals surface area contributed by atoms with Gasteiger partial charge in [-0.3, -0.25) is 4.79 Å². The molecule has 0 aromatic heterocycles. The fourth-order valence-corrected chi connectivity index (χ4v) is 4.00. The summed E-state index contributed by atoms with van der Waals surface area (Å²) in [5.41, 5.74) is 2.27. The highest BCUT2D eigenvalue weighted by atomic mass is 79.9. The van der Waals surface area contributed by atoms with Crippen LogP contribution in [0.5, 0.6) is 0 Å². The van der Waals surface area contributed by atoms with Crippen molar-refractivity contribution in [2.24, 2.45) is 11.8 Å². The van der Waals surface area contributed by atoms with Gasteiger partial charge in [0.05, 0.1) is 5.69 Å². The van der Waals surface area contributed by atoms with Gasteiger partial charge in [-0.25, -0.2) is 0 Å². The van der Waals surface area contributed by atoms with E-state index < -0.39 is 0 Å². The standard InChI is InChI=1S/C21H32BrNO/c1-5-6-7-15-8-10-16(11-9-15)20(24)23-19-13-12-17(14-18(19)22)21(2,3)4/h12-16H,5-11H2,1-4H3,(H,23,24). The van der Waals surface area contributed by atoms with Gasteiger partial charge in [0.25, 0.3) is 0 Å². The summed E-state index contributed by atoms with van der Waals surface area (Å²) in [5.74, 6) is 1.21. The molecule has 0 radical (unpaired) electrons. The highest BCUT2D eigenvalue weighted by Gasteiger charge is 2.26. The van der Waals surface area contributed by atoms with E-state index in [9.17, 15) is 4.79 Å². The van der Waals surface area contributed by atoms with Gasteiger partial charge in [-0.2, -0.15) is 0 Å². The number of halogens is 1. The monoisotopic (exact) mass is 393 g/mol. The van der Waals surface area contributed by atoms with Crippen LogP contribution in [0.2, 0.25) is 0 Å². The Hall–Kier alpha value is -0.830. The van der Waals surface area contributed by atoms with E-state index in [1.54, 1.807) is 0 Å². The Labute approximate surface area is 155 Å². The molecule has 134 valence electrons. The lowest BCUT2D eigenvalue weighted by Crippen LogP contribution is -2.27. The lowest BCUT2D eigenvalue weighted by molar-refractivity contribution is -0.121. The third-order valence-electron chi connectivity index (χ3n) is 5.28. The van der Waals surface area contributed by atoms with Gasteiger partial charge in [0, 0.05) is 10.4 Å². The molecule has 2 rings (SSSR count). The fourth-order valence-electron chi connectivity index (χ4n) is 3.52. The second kappa shape index (κ2) is 8.51. The van der Waals surface area contributed by atoms with Crippen LogP contribution in [0.25, 0.3) is 0 Å². The molecule has 1 N–H and O–H groups in total. The summed E-state index contributed by atoms with van der Waals surface area (Å²) in [7, 11) is 0. The summed E-state index contributed by atoms with van der Waals surface area (Å²) in [4.78, 5) is 12.6. The molecule has 0 spiro atoms. The van der Waals surface area contributed by atoms with Gasteiger partial charge in [0.1, 0.15) is 0 Å². The van der Waals surface area contributed by atoms with Gasteiger partial charge >= 0.3 is 0 Å². The van der Waals surface area contributed by atoms with Gasteiger partial charge in [-0.05, 0) is 70.6 Å². The molecule has 1 aromatic rings. The van der Waals surface area contributed by atoms with Crippen LogP contribution in [0.3, 0.4) is 0 Å². The summed E-state index contributed by atoms with van der Waals surface area (Å²) in [6.07, 6.45) is 8.44. The SMILES string of the molecule is CCCCC1CCC(C(=O)Nc2ccc(C(C)(C)C)cc2Br)CC1. The number of nitrogens with one attached hydrogen (secondary N) is 1. The van der Waals surface area contributed by atoms with Gasteiger partial charge in [0.15, 0.2) is 0 Å². The molecule has 0 bridgehead atoms. The van der Waals surface area contributed by atoms with Crippen LogP contribution >= 0.6 is 15.9 Å². The zero-order valence-corrected chi connectivity index (χ0v) is 17.2. The van der Waals surface area contributed by atoms with Crippen molar-refractivity contribution in [1.82, 2.24) is 0 Å². The van der Waals surface area contributed by atoms with Crippen LogP contribution in [-0.2, 0) is 10.2 Å². The first-order chi connectivity index (χ1) is 11.3.